The molecule has 2 N–H and O–H groups in total. The summed E-state index contributed by atoms with van der Waals surface area (Å²) < 4.78 is 60.7. The number of fused-ring (bicyclic) bond motifs is 1. The van der Waals surface area contributed by atoms with Crippen molar-refractivity contribution in [2.45, 2.75) is 31.1 Å². The molecule has 0 radical (unpaired) electrons. The summed E-state index contributed by atoms with van der Waals surface area (Å²) in [4.78, 5) is 3.13. The first kappa shape index (κ1) is 22.6. The molecule has 0 unspecified atom stereocenters. The number of benzene rings is 2. The fourth-order valence-corrected chi connectivity index (χ4v) is 6.78. The van der Waals surface area contributed by atoms with Crippen LogP contribution in [0.15, 0.2) is 53.6 Å². The molecule has 0 saturated carbocycles. The molecule has 0 aliphatic carbocycles. The Labute approximate surface area is 188 Å². The average molecular weight is 478 g/mol. The summed E-state index contributed by atoms with van der Waals surface area (Å²) in [5.41, 5.74) is 2.35. The molecular weight excluding hydrogens is 450 g/mol. The summed E-state index contributed by atoms with van der Waals surface area (Å²) in [5, 5.41) is 1.05. The van der Waals surface area contributed by atoms with E-state index in [-0.39, 0.29) is 22.9 Å². The van der Waals surface area contributed by atoms with Crippen LogP contribution < -0.4 is 13.8 Å². The second-order valence-corrected chi connectivity index (χ2v) is 11.4. The lowest BCUT2D eigenvalue weighted by Gasteiger charge is -2.28. The van der Waals surface area contributed by atoms with Gasteiger partial charge in [0, 0.05) is 30.2 Å². The fraction of sp³-hybridized carbons (Fsp3) is 0.364. The zero-order valence-corrected chi connectivity index (χ0v) is 19.5. The topological polar surface area (TPSA) is 109 Å². The molecule has 1 aromatic heterocycles. The maximum absolute atomic E-state index is 13.1. The molecule has 1 aliphatic heterocycles. The van der Waals surface area contributed by atoms with E-state index in [1.165, 1.54) is 16.4 Å². The lowest BCUT2D eigenvalue weighted by atomic mass is 10.1. The zero-order chi connectivity index (χ0) is 22.8. The number of ether oxygens (including phenoxy) is 1. The van der Waals surface area contributed by atoms with Crippen LogP contribution in [0, 0.1) is 0 Å². The van der Waals surface area contributed by atoms with Crippen molar-refractivity contribution in [2.24, 2.45) is 0 Å². The summed E-state index contributed by atoms with van der Waals surface area (Å²) in [5.74, 6) is 0.260. The van der Waals surface area contributed by atoms with Gasteiger partial charge in [-0.2, -0.15) is 0 Å². The van der Waals surface area contributed by atoms with Crippen LogP contribution in [0.4, 0.5) is 5.69 Å². The number of nitrogens with zero attached hydrogens (tertiary/aromatic N) is 1. The lowest BCUT2D eigenvalue weighted by Crippen LogP contribution is -2.38. The summed E-state index contributed by atoms with van der Waals surface area (Å²) in [6, 6.07) is 12.4. The molecule has 1 saturated heterocycles. The molecule has 172 valence electrons. The minimum atomic E-state index is -3.92. The SMILES string of the molecule is CCOc1ccc(N2CCCCS2(=O)=O)cc1S(=O)(=O)NCCc1c[nH]c2ccccc12. The molecular formula is C22H27N3O5S2. The second kappa shape index (κ2) is 9.13. The number of nitrogens with one attached hydrogen (secondary N) is 2. The molecule has 0 bridgehead atoms. The largest absolute Gasteiger partial charge is 0.492 e. The predicted molar refractivity (Wildman–Crippen MR) is 125 cm³/mol. The van der Waals surface area contributed by atoms with Gasteiger partial charge >= 0.3 is 0 Å². The second-order valence-electron chi connectivity index (χ2n) is 7.67. The molecule has 3 aromatic rings. The van der Waals surface area contributed by atoms with Crippen molar-refractivity contribution in [2.75, 3.05) is 29.8 Å². The summed E-state index contributed by atoms with van der Waals surface area (Å²) in [7, 11) is -7.38. The number of para-hydroxylation sites is 1. The average Bonchev–Trinajstić information content (AvgIpc) is 3.17. The van der Waals surface area contributed by atoms with Gasteiger partial charge in [0.2, 0.25) is 20.0 Å². The highest BCUT2D eigenvalue weighted by atomic mass is 32.2. The van der Waals surface area contributed by atoms with Gasteiger partial charge in [-0.05, 0) is 56.0 Å². The van der Waals surface area contributed by atoms with Crippen LogP contribution in [0.2, 0.25) is 0 Å². The standard InChI is InChI=1S/C22H27N3O5S2/c1-2-30-21-10-9-18(25-13-5-6-14-31(25,26)27)15-22(21)32(28,29)24-12-11-17-16-23-20-8-4-3-7-19(17)20/h3-4,7-10,15-16,23-24H,2,5-6,11-14H2,1H3. The van der Waals surface area contributed by atoms with Crippen molar-refractivity contribution >= 4 is 36.6 Å². The van der Waals surface area contributed by atoms with Crippen molar-refractivity contribution in [3.05, 3.63) is 54.2 Å². The third-order valence-corrected chi connectivity index (χ3v) is 8.87. The number of aromatic amines is 1. The van der Waals surface area contributed by atoms with Gasteiger partial charge in [0.15, 0.2) is 0 Å². The van der Waals surface area contributed by atoms with Crippen LogP contribution in [-0.4, -0.2) is 47.3 Å². The van der Waals surface area contributed by atoms with E-state index in [1.807, 2.05) is 30.5 Å². The highest BCUT2D eigenvalue weighted by Crippen LogP contribution is 2.32. The fourth-order valence-electron chi connectivity index (χ4n) is 3.95. The highest BCUT2D eigenvalue weighted by molar-refractivity contribution is 7.92. The van der Waals surface area contributed by atoms with Gasteiger partial charge in [-0.15, -0.1) is 0 Å². The van der Waals surface area contributed by atoms with Crippen LogP contribution in [0.3, 0.4) is 0 Å². The maximum Gasteiger partial charge on any atom is 0.244 e. The van der Waals surface area contributed by atoms with Crippen LogP contribution in [0.5, 0.6) is 5.75 Å². The Bertz CT molecular complexity index is 1320. The Morgan fingerprint density at radius 1 is 1.16 bits per heavy atom. The number of aromatic nitrogens is 1. The minimum Gasteiger partial charge on any atom is -0.492 e. The van der Waals surface area contributed by atoms with Gasteiger partial charge in [-0.1, -0.05) is 18.2 Å². The molecule has 1 fully saturated rings. The van der Waals surface area contributed by atoms with Crippen molar-refractivity contribution in [1.29, 1.82) is 0 Å². The van der Waals surface area contributed by atoms with E-state index in [9.17, 15) is 16.8 Å². The van der Waals surface area contributed by atoms with E-state index in [0.29, 0.717) is 31.7 Å². The van der Waals surface area contributed by atoms with Gasteiger partial charge in [0.05, 0.1) is 18.0 Å². The van der Waals surface area contributed by atoms with Crippen LogP contribution >= 0.6 is 0 Å². The molecule has 4 rings (SSSR count). The first-order valence-corrected chi connectivity index (χ1v) is 13.7. The van der Waals surface area contributed by atoms with Crippen LogP contribution in [-0.2, 0) is 26.5 Å². The van der Waals surface area contributed by atoms with E-state index in [1.54, 1.807) is 13.0 Å². The van der Waals surface area contributed by atoms with Crippen molar-refractivity contribution in [3.63, 3.8) is 0 Å². The van der Waals surface area contributed by atoms with Gasteiger partial charge in [-0.25, -0.2) is 21.6 Å². The molecule has 1 aliphatic rings. The van der Waals surface area contributed by atoms with E-state index in [0.717, 1.165) is 22.9 Å². The van der Waals surface area contributed by atoms with E-state index in [2.05, 4.69) is 9.71 Å². The Morgan fingerprint density at radius 2 is 1.97 bits per heavy atom. The maximum atomic E-state index is 13.1. The van der Waals surface area contributed by atoms with Gasteiger partial charge in [-0.3, -0.25) is 4.31 Å². The zero-order valence-electron chi connectivity index (χ0n) is 17.9. The molecule has 10 heteroatoms. The Morgan fingerprint density at radius 3 is 2.75 bits per heavy atom. The van der Waals surface area contributed by atoms with Gasteiger partial charge < -0.3 is 9.72 Å². The van der Waals surface area contributed by atoms with Crippen molar-refractivity contribution in [3.8, 4) is 5.75 Å². The van der Waals surface area contributed by atoms with Crippen molar-refractivity contribution < 1.29 is 21.6 Å². The highest BCUT2D eigenvalue weighted by Gasteiger charge is 2.28. The van der Waals surface area contributed by atoms with Gasteiger partial charge in [0.25, 0.3) is 0 Å². The van der Waals surface area contributed by atoms with Crippen LogP contribution in [0.25, 0.3) is 10.9 Å². The number of H-pyrrole nitrogens is 1. The Balaban J connectivity index is 1.58. The predicted octanol–water partition coefficient (Wildman–Crippen LogP) is 3.02. The molecule has 8 nitrogen and oxygen atoms in total. The van der Waals surface area contributed by atoms with Crippen LogP contribution in [0.1, 0.15) is 25.3 Å². The number of rotatable bonds is 8. The Hall–Kier alpha value is -2.56. The normalized spacial score (nSPS) is 16.3. The third kappa shape index (κ3) is 4.62. The number of hydrogen-bond donors (Lipinski definition) is 2. The third-order valence-electron chi connectivity index (χ3n) is 5.52. The monoisotopic (exact) mass is 477 g/mol. The molecule has 0 amide bonds. The first-order valence-electron chi connectivity index (χ1n) is 10.6. The summed E-state index contributed by atoms with van der Waals surface area (Å²) >= 11 is 0. The van der Waals surface area contributed by atoms with E-state index >= 15 is 0 Å². The first-order chi connectivity index (χ1) is 15.3. The quantitative estimate of drug-likeness (QED) is 0.518. The van der Waals surface area contributed by atoms with Crippen molar-refractivity contribution in [1.82, 2.24) is 9.71 Å². The summed E-state index contributed by atoms with van der Waals surface area (Å²) in [6.07, 6.45) is 3.73. The molecule has 0 spiro atoms. The number of anilines is 1. The van der Waals surface area contributed by atoms with E-state index in [4.69, 9.17) is 4.74 Å². The smallest absolute Gasteiger partial charge is 0.244 e. The lowest BCUT2D eigenvalue weighted by molar-refractivity contribution is 0.331. The van der Waals surface area contributed by atoms with Gasteiger partial charge in [0.1, 0.15) is 10.6 Å². The summed E-state index contributed by atoms with van der Waals surface area (Å²) in [6.45, 7) is 2.59. The minimum absolute atomic E-state index is 0.0587. The molecule has 2 aromatic carbocycles. The number of sulfonamides is 2. The number of hydrogen-bond acceptors (Lipinski definition) is 5. The molecule has 2 heterocycles. The molecule has 32 heavy (non-hydrogen) atoms. The van der Waals surface area contributed by atoms with E-state index < -0.39 is 20.0 Å². The molecule has 0 atom stereocenters. The Kier molecular flexibility index (Phi) is 6.45.